The number of aromatic nitrogens is 1. The fourth-order valence-corrected chi connectivity index (χ4v) is 2.44. The Morgan fingerprint density at radius 2 is 1.94 bits per heavy atom. The molecule has 0 aliphatic heterocycles. The smallest absolute Gasteiger partial charge is 0.0576 e. The minimum atomic E-state index is 0.259. The zero-order valence-corrected chi connectivity index (χ0v) is 12.0. The predicted octanol–water partition coefficient (Wildman–Crippen LogP) is 3.74. The van der Waals surface area contributed by atoms with Gasteiger partial charge in [0.05, 0.1) is 11.7 Å². The van der Waals surface area contributed by atoms with E-state index < -0.39 is 0 Å². The first-order valence-electron chi connectivity index (χ1n) is 6.19. The van der Waals surface area contributed by atoms with E-state index in [2.05, 4.69) is 57.4 Å². The van der Waals surface area contributed by atoms with E-state index in [1.807, 2.05) is 24.4 Å². The number of benzene rings is 1. The molecule has 0 amide bonds. The third kappa shape index (κ3) is 3.40. The van der Waals surface area contributed by atoms with Crippen molar-refractivity contribution in [2.24, 2.45) is 0 Å². The van der Waals surface area contributed by atoms with Gasteiger partial charge in [0.2, 0.25) is 0 Å². The largest absolute Gasteiger partial charge is 0.309 e. The summed E-state index contributed by atoms with van der Waals surface area (Å²) >= 11 is 3.60. The number of nitrogens with one attached hydrogen (secondary N) is 1. The fourth-order valence-electron chi connectivity index (χ4n) is 1.99. The summed E-state index contributed by atoms with van der Waals surface area (Å²) in [4.78, 5) is 4.45. The van der Waals surface area contributed by atoms with Gasteiger partial charge in [0.1, 0.15) is 0 Å². The summed E-state index contributed by atoms with van der Waals surface area (Å²) in [5.74, 6) is 0. The molecule has 1 aromatic carbocycles. The zero-order chi connectivity index (χ0) is 12.8. The Morgan fingerprint density at radius 1 is 1.17 bits per heavy atom. The molecule has 1 atom stereocenters. The van der Waals surface area contributed by atoms with Crippen molar-refractivity contribution < 1.29 is 0 Å². The molecule has 94 valence electrons. The summed E-state index contributed by atoms with van der Waals surface area (Å²) in [5.41, 5.74) is 2.39. The first kappa shape index (κ1) is 13.2. The Balaban J connectivity index is 2.19. The van der Waals surface area contributed by atoms with Gasteiger partial charge in [-0.25, -0.2) is 0 Å². The highest BCUT2D eigenvalue weighted by molar-refractivity contribution is 9.10. The van der Waals surface area contributed by atoms with Crippen molar-refractivity contribution in [1.82, 2.24) is 10.3 Å². The highest BCUT2D eigenvalue weighted by atomic mass is 79.9. The molecule has 1 heterocycles. The summed E-state index contributed by atoms with van der Waals surface area (Å²) in [7, 11) is 0. The Bertz CT molecular complexity index is 485. The quantitative estimate of drug-likeness (QED) is 0.910. The highest BCUT2D eigenvalue weighted by Crippen LogP contribution is 2.22. The van der Waals surface area contributed by atoms with Crippen LogP contribution < -0.4 is 5.32 Å². The molecule has 0 aliphatic carbocycles. The average Bonchev–Trinajstić information content (AvgIpc) is 2.42. The third-order valence-corrected chi connectivity index (χ3v) is 3.65. The first-order chi connectivity index (χ1) is 8.81. The van der Waals surface area contributed by atoms with Crippen molar-refractivity contribution in [3.05, 3.63) is 64.4 Å². The number of pyridine rings is 1. The van der Waals surface area contributed by atoms with Gasteiger partial charge in [0, 0.05) is 10.7 Å². The van der Waals surface area contributed by atoms with Gasteiger partial charge in [-0.1, -0.05) is 47.1 Å². The molecule has 1 N–H and O–H groups in total. The van der Waals surface area contributed by atoms with Crippen LogP contribution in [-0.2, 0) is 6.42 Å². The summed E-state index contributed by atoms with van der Waals surface area (Å²) in [6.45, 7) is 3.06. The minimum absolute atomic E-state index is 0.259. The lowest BCUT2D eigenvalue weighted by Gasteiger charge is -2.18. The number of halogens is 1. The van der Waals surface area contributed by atoms with Crippen LogP contribution in [0.25, 0.3) is 0 Å². The van der Waals surface area contributed by atoms with Crippen molar-refractivity contribution >= 4 is 15.9 Å². The van der Waals surface area contributed by atoms with Crippen LogP contribution in [0.3, 0.4) is 0 Å². The molecular formula is C15H17BrN2. The molecule has 18 heavy (non-hydrogen) atoms. The van der Waals surface area contributed by atoms with Gasteiger partial charge in [-0.05, 0) is 36.7 Å². The lowest BCUT2D eigenvalue weighted by Crippen LogP contribution is -2.23. The summed E-state index contributed by atoms with van der Waals surface area (Å²) < 4.78 is 1.16. The molecule has 0 saturated heterocycles. The summed E-state index contributed by atoms with van der Waals surface area (Å²) in [6, 6.07) is 14.7. The van der Waals surface area contributed by atoms with Crippen LogP contribution in [0.4, 0.5) is 0 Å². The SMILES string of the molecule is CCNC(Cc1ccccc1Br)c1ccccn1. The molecule has 2 aromatic rings. The van der Waals surface area contributed by atoms with Gasteiger partial charge < -0.3 is 5.32 Å². The number of hydrogen-bond donors (Lipinski definition) is 1. The maximum Gasteiger partial charge on any atom is 0.0576 e. The Labute approximate surface area is 117 Å². The Morgan fingerprint density at radius 3 is 2.61 bits per heavy atom. The third-order valence-electron chi connectivity index (χ3n) is 2.88. The Kier molecular flexibility index (Phi) is 4.90. The molecule has 0 aliphatic rings. The molecule has 1 aromatic heterocycles. The maximum atomic E-state index is 4.45. The van der Waals surface area contributed by atoms with Crippen LogP contribution >= 0.6 is 15.9 Å². The van der Waals surface area contributed by atoms with Crippen LogP contribution in [0.15, 0.2) is 53.1 Å². The molecular weight excluding hydrogens is 288 g/mol. The van der Waals surface area contributed by atoms with E-state index in [-0.39, 0.29) is 6.04 Å². The predicted molar refractivity (Wildman–Crippen MR) is 78.5 cm³/mol. The van der Waals surface area contributed by atoms with Crippen LogP contribution in [-0.4, -0.2) is 11.5 Å². The van der Waals surface area contributed by atoms with Crippen molar-refractivity contribution in [2.75, 3.05) is 6.54 Å². The lowest BCUT2D eigenvalue weighted by atomic mass is 10.0. The van der Waals surface area contributed by atoms with E-state index in [4.69, 9.17) is 0 Å². The number of likely N-dealkylation sites (N-methyl/N-ethyl adjacent to an activating group) is 1. The van der Waals surface area contributed by atoms with E-state index in [9.17, 15) is 0 Å². The molecule has 0 radical (unpaired) electrons. The van der Waals surface area contributed by atoms with E-state index >= 15 is 0 Å². The summed E-state index contributed by atoms with van der Waals surface area (Å²) in [6.07, 6.45) is 2.78. The van der Waals surface area contributed by atoms with Crippen LogP contribution in [0, 0.1) is 0 Å². The van der Waals surface area contributed by atoms with Crippen LogP contribution in [0.1, 0.15) is 24.2 Å². The van der Waals surface area contributed by atoms with E-state index in [1.165, 1.54) is 5.56 Å². The van der Waals surface area contributed by atoms with Gasteiger partial charge in [0.25, 0.3) is 0 Å². The number of nitrogens with zero attached hydrogens (tertiary/aromatic N) is 1. The second-order valence-corrected chi connectivity index (χ2v) is 5.01. The van der Waals surface area contributed by atoms with Gasteiger partial charge >= 0.3 is 0 Å². The molecule has 2 nitrogen and oxygen atoms in total. The van der Waals surface area contributed by atoms with Gasteiger partial charge in [0.15, 0.2) is 0 Å². The fraction of sp³-hybridized carbons (Fsp3) is 0.267. The Hall–Kier alpha value is -1.19. The standard InChI is InChI=1S/C15H17BrN2/c1-2-17-15(14-9-5-6-10-18-14)11-12-7-3-4-8-13(12)16/h3-10,15,17H,2,11H2,1H3. The van der Waals surface area contributed by atoms with Gasteiger partial charge in [-0.2, -0.15) is 0 Å². The van der Waals surface area contributed by atoms with Gasteiger partial charge in [-0.3, -0.25) is 4.98 Å². The average molecular weight is 305 g/mol. The summed E-state index contributed by atoms with van der Waals surface area (Å²) in [5, 5.41) is 3.49. The normalized spacial score (nSPS) is 12.3. The van der Waals surface area contributed by atoms with Crippen LogP contribution in [0.5, 0.6) is 0 Å². The minimum Gasteiger partial charge on any atom is -0.309 e. The first-order valence-corrected chi connectivity index (χ1v) is 6.98. The molecule has 0 bridgehead atoms. The monoisotopic (exact) mass is 304 g/mol. The molecule has 1 unspecified atom stereocenters. The van der Waals surface area contributed by atoms with Crippen molar-refractivity contribution in [1.29, 1.82) is 0 Å². The molecule has 3 heteroatoms. The highest BCUT2D eigenvalue weighted by Gasteiger charge is 2.13. The van der Waals surface area contributed by atoms with Crippen molar-refractivity contribution in [3.8, 4) is 0 Å². The van der Waals surface area contributed by atoms with Crippen LogP contribution in [0.2, 0.25) is 0 Å². The topological polar surface area (TPSA) is 24.9 Å². The zero-order valence-electron chi connectivity index (χ0n) is 10.4. The van der Waals surface area contributed by atoms with Crippen molar-refractivity contribution in [3.63, 3.8) is 0 Å². The number of rotatable bonds is 5. The van der Waals surface area contributed by atoms with Gasteiger partial charge in [-0.15, -0.1) is 0 Å². The second-order valence-electron chi connectivity index (χ2n) is 4.16. The van der Waals surface area contributed by atoms with E-state index in [0.717, 1.165) is 23.1 Å². The van der Waals surface area contributed by atoms with Crippen molar-refractivity contribution in [2.45, 2.75) is 19.4 Å². The molecule has 0 saturated carbocycles. The molecule has 2 rings (SSSR count). The van der Waals surface area contributed by atoms with E-state index in [0.29, 0.717) is 0 Å². The maximum absolute atomic E-state index is 4.45. The molecule has 0 fully saturated rings. The molecule has 0 spiro atoms. The second kappa shape index (κ2) is 6.66. The van der Waals surface area contributed by atoms with E-state index in [1.54, 1.807) is 0 Å². The number of hydrogen-bond acceptors (Lipinski definition) is 2. The lowest BCUT2D eigenvalue weighted by molar-refractivity contribution is 0.536.